The van der Waals surface area contributed by atoms with Gasteiger partial charge in [0, 0.05) is 12.8 Å². The number of rotatable bonds is 25. The summed E-state index contributed by atoms with van der Waals surface area (Å²) < 4.78 is 15.3. The van der Waals surface area contributed by atoms with Crippen molar-refractivity contribution >= 4 is 24.8 Å². The fourth-order valence-electron chi connectivity index (χ4n) is 4.50. The summed E-state index contributed by atoms with van der Waals surface area (Å²) >= 11 is 4.22. The van der Waals surface area contributed by atoms with Gasteiger partial charge in [0.15, 0.2) is 0 Å². The molecular weight excluding hydrogens is 524 g/mol. The van der Waals surface area contributed by atoms with E-state index < -0.39 is 12.1 Å². The molecule has 1 rings (SSSR count). The highest BCUT2D eigenvalue weighted by molar-refractivity contribution is 7.80. The monoisotopic (exact) mass is 590 g/mol. The van der Waals surface area contributed by atoms with Crippen LogP contribution in [-0.2, 0) is 19.0 Å². The van der Waals surface area contributed by atoms with E-state index in [-0.39, 0.29) is 6.10 Å². The predicted octanol–water partition coefficient (Wildman–Crippen LogP) is 10.6. The molecule has 1 heterocycles. The molecule has 1 atom stereocenters. The zero-order valence-corrected chi connectivity index (χ0v) is 27.5. The Hall–Kier alpha value is -0.950. The van der Waals surface area contributed by atoms with Gasteiger partial charge in [0.05, 0.1) is 19.8 Å². The maximum Gasteiger partial charge on any atom is 0.508 e. The maximum absolute atomic E-state index is 11.4. The molecule has 40 heavy (non-hydrogen) atoms. The topological polar surface area (TPSA) is 82.1 Å². The van der Waals surface area contributed by atoms with Crippen molar-refractivity contribution in [1.82, 2.24) is 0 Å². The first-order valence-corrected chi connectivity index (χ1v) is 17.5. The smallest absolute Gasteiger partial charge is 0.481 e. The quantitative estimate of drug-likeness (QED) is 0.0625. The van der Waals surface area contributed by atoms with Gasteiger partial charge in [-0.15, -0.1) is 0 Å². The SMILES string of the molecule is CC.CCCCCCCCCCCCCC(=O)O.O=C(OCCCCCCCCCCCCS)O[C@@H]1CCOC1. The summed E-state index contributed by atoms with van der Waals surface area (Å²) in [6.07, 6.45) is 27.0. The molecule has 0 amide bonds. The van der Waals surface area contributed by atoms with Gasteiger partial charge in [0.25, 0.3) is 0 Å². The molecule has 6 nitrogen and oxygen atoms in total. The Kier molecular flexibility index (Phi) is 37.1. The van der Waals surface area contributed by atoms with Gasteiger partial charge < -0.3 is 19.3 Å². The molecule has 0 aromatic heterocycles. The zero-order valence-electron chi connectivity index (χ0n) is 26.6. The summed E-state index contributed by atoms with van der Waals surface area (Å²) in [5, 5.41) is 8.46. The molecule has 1 saturated heterocycles. The third kappa shape index (κ3) is 35.1. The summed E-state index contributed by atoms with van der Waals surface area (Å²) in [5.41, 5.74) is 0. The molecular formula is C33H66O6S. The highest BCUT2D eigenvalue weighted by Crippen LogP contribution is 2.13. The van der Waals surface area contributed by atoms with Gasteiger partial charge in [-0.2, -0.15) is 12.6 Å². The van der Waals surface area contributed by atoms with Crippen molar-refractivity contribution in [2.24, 2.45) is 0 Å². The Labute approximate surface area is 253 Å². The Morgan fingerprint density at radius 1 is 0.725 bits per heavy atom. The number of unbranched alkanes of at least 4 members (excludes halogenated alkanes) is 19. The second-order valence-electron chi connectivity index (χ2n) is 10.6. The minimum Gasteiger partial charge on any atom is -0.481 e. The molecule has 0 radical (unpaired) electrons. The van der Waals surface area contributed by atoms with Crippen LogP contribution in [0.5, 0.6) is 0 Å². The molecule has 1 N–H and O–H groups in total. The molecule has 0 aliphatic carbocycles. The number of aliphatic carboxylic acids is 1. The molecule has 1 aliphatic heterocycles. The van der Waals surface area contributed by atoms with Crippen LogP contribution in [0.1, 0.15) is 168 Å². The van der Waals surface area contributed by atoms with Gasteiger partial charge in [-0.3, -0.25) is 4.79 Å². The lowest BCUT2D eigenvalue weighted by atomic mass is 10.1. The van der Waals surface area contributed by atoms with Crippen molar-refractivity contribution in [3.63, 3.8) is 0 Å². The normalized spacial score (nSPS) is 14.1. The third-order valence-electron chi connectivity index (χ3n) is 6.92. The molecule has 1 fully saturated rings. The van der Waals surface area contributed by atoms with Crippen molar-refractivity contribution < 1.29 is 28.9 Å². The average Bonchev–Trinajstić information content (AvgIpc) is 3.46. The minimum absolute atomic E-state index is 0.111. The Bertz CT molecular complexity index is 511. The van der Waals surface area contributed by atoms with Gasteiger partial charge in [-0.1, -0.05) is 136 Å². The van der Waals surface area contributed by atoms with Gasteiger partial charge in [0.1, 0.15) is 6.10 Å². The first kappa shape index (κ1) is 41.2. The Morgan fingerprint density at radius 2 is 1.18 bits per heavy atom. The summed E-state index contributed by atoms with van der Waals surface area (Å²) in [7, 11) is 0. The molecule has 1 aliphatic rings. The fourth-order valence-corrected chi connectivity index (χ4v) is 4.72. The summed E-state index contributed by atoms with van der Waals surface area (Å²) in [4.78, 5) is 21.6. The summed E-state index contributed by atoms with van der Waals surface area (Å²) in [5.74, 6) is 0.361. The average molecular weight is 591 g/mol. The van der Waals surface area contributed by atoms with Crippen molar-refractivity contribution in [2.45, 2.75) is 175 Å². The van der Waals surface area contributed by atoms with E-state index in [0.29, 0.717) is 26.2 Å². The van der Waals surface area contributed by atoms with Gasteiger partial charge in [-0.25, -0.2) is 4.79 Å². The summed E-state index contributed by atoms with van der Waals surface area (Å²) in [6.45, 7) is 7.89. The number of carboxylic acids is 1. The zero-order chi connectivity index (χ0) is 29.9. The van der Waals surface area contributed by atoms with Crippen LogP contribution in [0.3, 0.4) is 0 Å². The van der Waals surface area contributed by atoms with Crippen molar-refractivity contribution in [3.05, 3.63) is 0 Å². The lowest BCUT2D eigenvalue weighted by molar-refractivity contribution is -0.137. The number of carbonyl (C=O) groups excluding carboxylic acids is 1. The Balaban J connectivity index is 0. The van der Waals surface area contributed by atoms with Gasteiger partial charge in [0.2, 0.25) is 0 Å². The molecule has 0 saturated carbocycles. The molecule has 0 unspecified atom stereocenters. The number of carboxylic acid groups (broad SMARTS) is 1. The van der Waals surface area contributed by atoms with Gasteiger partial charge in [-0.05, 0) is 25.0 Å². The van der Waals surface area contributed by atoms with E-state index in [9.17, 15) is 9.59 Å². The first-order valence-electron chi connectivity index (χ1n) is 16.8. The van der Waals surface area contributed by atoms with Crippen molar-refractivity contribution in [1.29, 1.82) is 0 Å². The predicted molar refractivity (Wildman–Crippen MR) is 172 cm³/mol. The van der Waals surface area contributed by atoms with Crippen LogP contribution < -0.4 is 0 Å². The van der Waals surface area contributed by atoms with Crippen LogP contribution >= 0.6 is 12.6 Å². The molecule has 7 heteroatoms. The minimum atomic E-state index is -0.657. The second-order valence-corrected chi connectivity index (χ2v) is 11.1. The van der Waals surface area contributed by atoms with Crippen LogP contribution in [0, 0.1) is 0 Å². The van der Waals surface area contributed by atoms with Crippen molar-refractivity contribution in [2.75, 3.05) is 25.6 Å². The number of hydrogen-bond donors (Lipinski definition) is 2. The van der Waals surface area contributed by atoms with E-state index in [2.05, 4.69) is 19.6 Å². The van der Waals surface area contributed by atoms with Crippen molar-refractivity contribution in [3.8, 4) is 0 Å². The van der Waals surface area contributed by atoms with E-state index in [1.807, 2.05) is 13.8 Å². The number of ether oxygens (including phenoxy) is 3. The van der Waals surface area contributed by atoms with Gasteiger partial charge >= 0.3 is 12.1 Å². The maximum atomic E-state index is 11.4. The van der Waals surface area contributed by atoms with E-state index in [1.54, 1.807) is 0 Å². The van der Waals surface area contributed by atoms with Crippen LogP contribution in [-0.4, -0.2) is 48.9 Å². The fraction of sp³-hybridized carbons (Fsp3) is 0.939. The Morgan fingerprint density at radius 3 is 1.60 bits per heavy atom. The number of thiol groups is 1. The number of carbonyl (C=O) groups is 2. The molecule has 240 valence electrons. The molecule has 0 spiro atoms. The second kappa shape index (κ2) is 36.1. The highest BCUT2D eigenvalue weighted by Gasteiger charge is 2.20. The summed E-state index contributed by atoms with van der Waals surface area (Å²) in [6, 6.07) is 0. The first-order chi connectivity index (χ1) is 19.6. The van der Waals surface area contributed by atoms with E-state index in [4.69, 9.17) is 19.3 Å². The lowest BCUT2D eigenvalue weighted by Crippen LogP contribution is -2.19. The lowest BCUT2D eigenvalue weighted by Gasteiger charge is -2.10. The van der Waals surface area contributed by atoms with Crippen LogP contribution in [0.2, 0.25) is 0 Å². The third-order valence-corrected chi connectivity index (χ3v) is 7.23. The molecule has 0 aromatic carbocycles. The van der Waals surface area contributed by atoms with E-state index >= 15 is 0 Å². The molecule has 0 aromatic rings. The number of hydrogen-bond acceptors (Lipinski definition) is 6. The molecule has 0 bridgehead atoms. The van der Waals surface area contributed by atoms with Crippen LogP contribution in [0.4, 0.5) is 4.79 Å². The largest absolute Gasteiger partial charge is 0.508 e. The van der Waals surface area contributed by atoms with E-state index in [1.165, 1.54) is 109 Å². The highest BCUT2D eigenvalue weighted by atomic mass is 32.1. The van der Waals surface area contributed by atoms with Crippen LogP contribution in [0.25, 0.3) is 0 Å². The van der Waals surface area contributed by atoms with E-state index in [0.717, 1.165) is 37.9 Å². The van der Waals surface area contributed by atoms with Crippen LogP contribution in [0.15, 0.2) is 0 Å². The standard InChI is InChI=1S/C17H32O4S.C14H28O2.C2H6/c18-17(21-16-11-13-19-15-16)20-12-9-7-5-3-1-2-4-6-8-10-14-22;1-2-3-4-5-6-7-8-9-10-11-12-13-14(15)16;1-2/h16,22H,1-15H2;2-13H2,1H3,(H,15,16);1-2H3/t16-;;/m1../s1.